The van der Waals surface area contributed by atoms with Crippen LogP contribution in [0.3, 0.4) is 0 Å². The maximum Gasteiger partial charge on any atom is 0.292 e. The lowest BCUT2D eigenvalue weighted by Gasteiger charge is -2.03. The van der Waals surface area contributed by atoms with E-state index in [1.807, 2.05) is 19.9 Å². The number of aryl methyl sites for hydroxylation is 2. The van der Waals surface area contributed by atoms with Crippen molar-refractivity contribution in [1.29, 1.82) is 0 Å². The maximum atomic E-state index is 11.8. The highest BCUT2D eigenvalue weighted by Crippen LogP contribution is 2.12. The van der Waals surface area contributed by atoms with Crippen LogP contribution < -0.4 is 5.32 Å². The van der Waals surface area contributed by atoms with E-state index in [-0.39, 0.29) is 5.91 Å². The van der Waals surface area contributed by atoms with Gasteiger partial charge in [-0.2, -0.15) is 0 Å². The quantitative estimate of drug-likeness (QED) is 0.839. The van der Waals surface area contributed by atoms with E-state index in [9.17, 15) is 4.79 Å². The molecule has 0 aliphatic heterocycles. The standard InChI is InChI=1S/C12H12N2O2/c1-8-3-5-13-10(7-8)14-12(15)11-9(2)4-6-16-11/h3-7H,1-2H3,(H,13,14,15). The third-order valence-corrected chi connectivity index (χ3v) is 2.23. The van der Waals surface area contributed by atoms with Crippen LogP contribution in [0.15, 0.2) is 35.1 Å². The van der Waals surface area contributed by atoms with Gasteiger partial charge in [-0.15, -0.1) is 0 Å². The molecule has 0 bridgehead atoms. The lowest BCUT2D eigenvalue weighted by molar-refractivity contribution is 0.0995. The van der Waals surface area contributed by atoms with Gasteiger partial charge in [0.25, 0.3) is 5.91 Å². The smallest absolute Gasteiger partial charge is 0.292 e. The van der Waals surface area contributed by atoms with E-state index in [0.717, 1.165) is 11.1 Å². The van der Waals surface area contributed by atoms with Crippen molar-refractivity contribution in [1.82, 2.24) is 4.98 Å². The zero-order valence-corrected chi connectivity index (χ0v) is 9.15. The first-order valence-electron chi connectivity index (χ1n) is 4.95. The first-order chi connectivity index (χ1) is 7.66. The predicted molar refractivity (Wildman–Crippen MR) is 60.4 cm³/mol. The molecule has 0 aromatic carbocycles. The second-order valence-electron chi connectivity index (χ2n) is 3.61. The SMILES string of the molecule is Cc1ccnc(NC(=O)c2occc2C)c1. The van der Waals surface area contributed by atoms with Crippen LogP contribution in [0.1, 0.15) is 21.7 Å². The maximum absolute atomic E-state index is 11.8. The number of pyridine rings is 1. The van der Waals surface area contributed by atoms with Crippen LogP contribution in [-0.4, -0.2) is 10.9 Å². The Morgan fingerprint density at radius 2 is 2.19 bits per heavy atom. The summed E-state index contributed by atoms with van der Waals surface area (Å²) in [5, 5.41) is 2.68. The molecule has 0 unspecified atom stereocenters. The molecule has 2 heterocycles. The highest BCUT2D eigenvalue weighted by atomic mass is 16.3. The minimum absolute atomic E-state index is 0.277. The molecule has 0 saturated carbocycles. The topological polar surface area (TPSA) is 55.1 Å². The summed E-state index contributed by atoms with van der Waals surface area (Å²) in [7, 11) is 0. The molecule has 2 aromatic rings. The zero-order valence-electron chi connectivity index (χ0n) is 9.15. The molecule has 0 radical (unpaired) electrons. The minimum atomic E-state index is -0.277. The second kappa shape index (κ2) is 4.18. The fourth-order valence-electron chi connectivity index (χ4n) is 1.38. The monoisotopic (exact) mass is 216 g/mol. The van der Waals surface area contributed by atoms with E-state index in [1.165, 1.54) is 6.26 Å². The molecular formula is C12H12N2O2. The van der Waals surface area contributed by atoms with Gasteiger partial charge in [0.05, 0.1) is 6.26 Å². The summed E-state index contributed by atoms with van der Waals surface area (Å²) in [6.07, 6.45) is 3.15. The number of aromatic nitrogens is 1. The number of nitrogens with zero attached hydrogens (tertiary/aromatic N) is 1. The van der Waals surface area contributed by atoms with Crippen molar-refractivity contribution in [3.05, 3.63) is 47.5 Å². The Kier molecular flexibility index (Phi) is 2.72. The second-order valence-corrected chi connectivity index (χ2v) is 3.61. The van der Waals surface area contributed by atoms with Crippen LogP contribution in [0, 0.1) is 13.8 Å². The van der Waals surface area contributed by atoms with E-state index < -0.39 is 0 Å². The lowest BCUT2D eigenvalue weighted by atomic mass is 10.2. The van der Waals surface area contributed by atoms with Crippen molar-refractivity contribution in [3.63, 3.8) is 0 Å². The molecule has 2 rings (SSSR count). The zero-order chi connectivity index (χ0) is 11.5. The first-order valence-corrected chi connectivity index (χ1v) is 4.95. The van der Waals surface area contributed by atoms with Gasteiger partial charge in [0.2, 0.25) is 0 Å². The Balaban J connectivity index is 2.17. The highest BCUT2D eigenvalue weighted by Gasteiger charge is 2.12. The van der Waals surface area contributed by atoms with E-state index >= 15 is 0 Å². The molecule has 0 aliphatic carbocycles. The molecule has 4 nitrogen and oxygen atoms in total. The van der Waals surface area contributed by atoms with Crippen molar-refractivity contribution >= 4 is 11.7 Å². The van der Waals surface area contributed by atoms with Crippen molar-refractivity contribution in [2.24, 2.45) is 0 Å². The average molecular weight is 216 g/mol. The summed E-state index contributed by atoms with van der Waals surface area (Å²) >= 11 is 0. The van der Waals surface area contributed by atoms with Crippen LogP contribution in [0.2, 0.25) is 0 Å². The number of hydrogen-bond donors (Lipinski definition) is 1. The fraction of sp³-hybridized carbons (Fsp3) is 0.167. The third-order valence-electron chi connectivity index (χ3n) is 2.23. The summed E-state index contributed by atoms with van der Waals surface area (Å²) < 4.78 is 5.09. The van der Waals surface area contributed by atoms with Gasteiger partial charge in [0, 0.05) is 11.8 Å². The number of rotatable bonds is 2. The molecule has 0 aliphatic rings. The van der Waals surface area contributed by atoms with Crippen molar-refractivity contribution in [2.75, 3.05) is 5.32 Å². The Morgan fingerprint density at radius 1 is 1.38 bits per heavy atom. The van der Waals surface area contributed by atoms with Crippen LogP contribution in [0.4, 0.5) is 5.82 Å². The molecule has 0 atom stereocenters. The van der Waals surface area contributed by atoms with Gasteiger partial charge in [0.15, 0.2) is 5.76 Å². The summed E-state index contributed by atoms with van der Waals surface area (Å²) in [5.74, 6) is 0.574. The Hall–Kier alpha value is -2.10. The van der Waals surface area contributed by atoms with E-state index in [2.05, 4.69) is 10.3 Å². The summed E-state index contributed by atoms with van der Waals surface area (Å²) in [6.45, 7) is 3.76. The van der Waals surface area contributed by atoms with Crippen molar-refractivity contribution in [2.45, 2.75) is 13.8 Å². The van der Waals surface area contributed by atoms with E-state index in [1.54, 1.807) is 18.3 Å². The Labute approximate surface area is 93.3 Å². The summed E-state index contributed by atoms with van der Waals surface area (Å²) in [6, 6.07) is 5.42. The van der Waals surface area contributed by atoms with Gasteiger partial charge in [-0.1, -0.05) is 0 Å². The molecule has 82 valence electrons. The molecule has 1 N–H and O–H groups in total. The van der Waals surface area contributed by atoms with E-state index in [0.29, 0.717) is 11.6 Å². The Bertz CT molecular complexity index is 517. The number of nitrogens with one attached hydrogen (secondary N) is 1. The number of amides is 1. The van der Waals surface area contributed by atoms with Crippen LogP contribution in [-0.2, 0) is 0 Å². The van der Waals surface area contributed by atoms with Gasteiger partial charge in [0.1, 0.15) is 5.82 Å². The van der Waals surface area contributed by atoms with Crippen molar-refractivity contribution in [3.8, 4) is 0 Å². The number of hydrogen-bond acceptors (Lipinski definition) is 3. The van der Waals surface area contributed by atoms with Crippen molar-refractivity contribution < 1.29 is 9.21 Å². The van der Waals surface area contributed by atoms with Gasteiger partial charge < -0.3 is 9.73 Å². The predicted octanol–water partition coefficient (Wildman–Crippen LogP) is 2.54. The molecule has 2 aromatic heterocycles. The third kappa shape index (κ3) is 2.11. The molecule has 4 heteroatoms. The van der Waals surface area contributed by atoms with Gasteiger partial charge in [-0.05, 0) is 37.6 Å². The highest BCUT2D eigenvalue weighted by molar-refractivity contribution is 6.02. The van der Waals surface area contributed by atoms with Crippen LogP contribution >= 0.6 is 0 Å². The minimum Gasteiger partial charge on any atom is -0.459 e. The first kappa shape index (κ1) is 10.4. The molecule has 16 heavy (non-hydrogen) atoms. The number of carbonyl (C=O) groups excluding carboxylic acids is 1. The number of carbonyl (C=O) groups is 1. The normalized spacial score (nSPS) is 10.1. The summed E-state index contributed by atoms with van der Waals surface area (Å²) in [4.78, 5) is 15.8. The number of furan rings is 1. The van der Waals surface area contributed by atoms with Crippen LogP contribution in [0.5, 0.6) is 0 Å². The lowest BCUT2D eigenvalue weighted by Crippen LogP contribution is -2.13. The largest absolute Gasteiger partial charge is 0.459 e. The van der Waals surface area contributed by atoms with Gasteiger partial charge in [-0.25, -0.2) is 4.98 Å². The van der Waals surface area contributed by atoms with Gasteiger partial charge in [-0.3, -0.25) is 4.79 Å². The molecular weight excluding hydrogens is 204 g/mol. The molecule has 0 saturated heterocycles. The average Bonchev–Trinajstić information content (AvgIpc) is 2.64. The Morgan fingerprint density at radius 3 is 2.81 bits per heavy atom. The fourth-order valence-corrected chi connectivity index (χ4v) is 1.38. The van der Waals surface area contributed by atoms with E-state index in [4.69, 9.17) is 4.42 Å². The van der Waals surface area contributed by atoms with Gasteiger partial charge >= 0.3 is 0 Å². The number of anilines is 1. The molecule has 0 fully saturated rings. The van der Waals surface area contributed by atoms with Crippen LogP contribution in [0.25, 0.3) is 0 Å². The summed E-state index contributed by atoms with van der Waals surface area (Å²) in [5.41, 5.74) is 1.85. The molecule has 1 amide bonds. The molecule has 0 spiro atoms.